The minimum absolute atomic E-state index is 0.289. The van der Waals surface area contributed by atoms with Gasteiger partial charge in [-0.05, 0) is 30.9 Å². The molecule has 0 aliphatic rings. The van der Waals surface area contributed by atoms with Crippen molar-refractivity contribution < 1.29 is 9.90 Å². The molecule has 1 atom stereocenters. The highest BCUT2D eigenvalue weighted by atomic mass is 79.9. The largest absolute Gasteiger partial charge is 0.478 e. The van der Waals surface area contributed by atoms with E-state index in [4.69, 9.17) is 5.11 Å². The monoisotopic (exact) mass is 317 g/mol. The van der Waals surface area contributed by atoms with Gasteiger partial charge in [-0.3, -0.25) is 0 Å². The number of benzene rings is 1. The van der Waals surface area contributed by atoms with Crippen LogP contribution >= 0.6 is 27.7 Å². The first-order chi connectivity index (χ1) is 8.08. The first-order valence-corrected chi connectivity index (χ1v) is 7.55. The quantitative estimate of drug-likeness (QED) is 0.840. The van der Waals surface area contributed by atoms with E-state index < -0.39 is 5.97 Å². The molecular formula is C12H16BrNO2S. The third-order valence-electron chi connectivity index (χ3n) is 2.43. The van der Waals surface area contributed by atoms with Gasteiger partial charge in [0.05, 0.1) is 11.3 Å². The molecule has 0 amide bonds. The van der Waals surface area contributed by atoms with Crippen molar-refractivity contribution in [3.63, 3.8) is 0 Å². The average molecular weight is 318 g/mol. The Balaban J connectivity index is 2.94. The molecule has 1 unspecified atom stereocenters. The summed E-state index contributed by atoms with van der Waals surface area (Å²) >= 11 is 5.11. The van der Waals surface area contributed by atoms with E-state index in [-0.39, 0.29) is 6.04 Å². The fourth-order valence-corrected chi connectivity index (χ4v) is 2.59. The van der Waals surface area contributed by atoms with Crippen molar-refractivity contribution >= 4 is 39.3 Å². The maximum atomic E-state index is 11.1. The molecule has 1 aromatic carbocycles. The molecule has 0 heterocycles. The zero-order valence-electron chi connectivity index (χ0n) is 9.87. The molecule has 0 radical (unpaired) electrons. The SMILES string of the molecule is CCC(CSC)Nc1cc(Br)ccc1C(=O)O. The lowest BCUT2D eigenvalue weighted by atomic mass is 10.1. The molecule has 0 aromatic heterocycles. The summed E-state index contributed by atoms with van der Waals surface area (Å²) in [7, 11) is 0. The number of carbonyl (C=O) groups is 1. The van der Waals surface area contributed by atoms with E-state index in [2.05, 4.69) is 28.2 Å². The summed E-state index contributed by atoms with van der Waals surface area (Å²) in [5.74, 6) is 0.0567. The van der Waals surface area contributed by atoms with Gasteiger partial charge in [-0.1, -0.05) is 22.9 Å². The molecule has 94 valence electrons. The molecule has 17 heavy (non-hydrogen) atoms. The predicted octanol–water partition coefficient (Wildman–Crippen LogP) is 3.70. The third-order valence-corrected chi connectivity index (χ3v) is 3.66. The molecular weight excluding hydrogens is 302 g/mol. The average Bonchev–Trinajstić information content (AvgIpc) is 2.28. The topological polar surface area (TPSA) is 49.3 Å². The van der Waals surface area contributed by atoms with Crippen LogP contribution in [0.2, 0.25) is 0 Å². The van der Waals surface area contributed by atoms with E-state index in [1.54, 1.807) is 23.9 Å². The number of halogens is 1. The molecule has 0 saturated carbocycles. The van der Waals surface area contributed by atoms with Crippen LogP contribution in [0.3, 0.4) is 0 Å². The van der Waals surface area contributed by atoms with Gasteiger partial charge in [0.1, 0.15) is 0 Å². The number of aromatic carboxylic acids is 1. The number of anilines is 1. The molecule has 0 saturated heterocycles. The Labute approximate surface area is 114 Å². The fraction of sp³-hybridized carbons (Fsp3) is 0.417. The summed E-state index contributed by atoms with van der Waals surface area (Å²) in [5.41, 5.74) is 0.987. The third kappa shape index (κ3) is 4.24. The van der Waals surface area contributed by atoms with Crippen LogP contribution in [-0.2, 0) is 0 Å². The van der Waals surface area contributed by atoms with Gasteiger partial charge in [0, 0.05) is 16.3 Å². The Hall–Kier alpha value is -0.680. The van der Waals surface area contributed by atoms with Gasteiger partial charge in [0.25, 0.3) is 0 Å². The summed E-state index contributed by atoms with van der Waals surface area (Å²) < 4.78 is 0.879. The van der Waals surface area contributed by atoms with Crippen molar-refractivity contribution in [2.75, 3.05) is 17.3 Å². The fourth-order valence-electron chi connectivity index (χ4n) is 1.51. The summed E-state index contributed by atoms with van der Waals surface area (Å²) in [6, 6.07) is 5.45. The van der Waals surface area contributed by atoms with Crippen LogP contribution in [0.25, 0.3) is 0 Å². The van der Waals surface area contributed by atoms with Crippen LogP contribution < -0.4 is 5.32 Å². The lowest BCUT2D eigenvalue weighted by molar-refractivity contribution is 0.0698. The van der Waals surface area contributed by atoms with E-state index in [0.29, 0.717) is 11.3 Å². The van der Waals surface area contributed by atoms with Crippen LogP contribution in [-0.4, -0.2) is 29.1 Å². The number of carboxylic acid groups (broad SMARTS) is 1. The Bertz CT molecular complexity index is 398. The van der Waals surface area contributed by atoms with Gasteiger partial charge in [-0.25, -0.2) is 4.79 Å². The van der Waals surface area contributed by atoms with Gasteiger partial charge >= 0.3 is 5.97 Å². The predicted molar refractivity (Wildman–Crippen MR) is 77.2 cm³/mol. The molecule has 0 spiro atoms. The van der Waals surface area contributed by atoms with E-state index in [1.807, 2.05) is 12.3 Å². The number of hydrogen-bond donors (Lipinski definition) is 2. The highest BCUT2D eigenvalue weighted by Crippen LogP contribution is 2.23. The van der Waals surface area contributed by atoms with Crippen molar-refractivity contribution in [3.8, 4) is 0 Å². The van der Waals surface area contributed by atoms with Gasteiger partial charge in [-0.15, -0.1) is 0 Å². The Morgan fingerprint density at radius 2 is 2.29 bits per heavy atom. The Morgan fingerprint density at radius 1 is 1.59 bits per heavy atom. The number of nitrogens with one attached hydrogen (secondary N) is 1. The first-order valence-electron chi connectivity index (χ1n) is 5.36. The minimum Gasteiger partial charge on any atom is -0.478 e. The van der Waals surface area contributed by atoms with E-state index >= 15 is 0 Å². The standard InChI is InChI=1S/C12H16BrNO2S/c1-3-9(7-17-2)14-11-6-8(13)4-5-10(11)12(15)16/h4-6,9,14H,3,7H2,1-2H3,(H,15,16). The normalized spacial score (nSPS) is 12.2. The van der Waals surface area contributed by atoms with Crippen molar-refractivity contribution in [2.24, 2.45) is 0 Å². The molecule has 0 bridgehead atoms. The number of rotatable bonds is 6. The van der Waals surface area contributed by atoms with Crippen molar-refractivity contribution in [2.45, 2.75) is 19.4 Å². The lowest BCUT2D eigenvalue weighted by Crippen LogP contribution is -2.22. The molecule has 0 fully saturated rings. The van der Waals surface area contributed by atoms with Gasteiger partial charge in [0.2, 0.25) is 0 Å². The van der Waals surface area contributed by atoms with Crippen molar-refractivity contribution in [1.29, 1.82) is 0 Å². The second-order valence-corrected chi connectivity index (χ2v) is 5.53. The Kier molecular flexibility index (Phi) is 5.85. The summed E-state index contributed by atoms with van der Waals surface area (Å²) in [6.07, 6.45) is 3.01. The van der Waals surface area contributed by atoms with E-state index in [1.165, 1.54) is 0 Å². The zero-order chi connectivity index (χ0) is 12.8. The first kappa shape index (κ1) is 14.4. The molecule has 0 aliphatic heterocycles. The molecule has 1 rings (SSSR count). The summed E-state index contributed by atoms with van der Waals surface area (Å²) in [4.78, 5) is 11.1. The maximum Gasteiger partial charge on any atom is 0.337 e. The molecule has 3 nitrogen and oxygen atoms in total. The second-order valence-electron chi connectivity index (χ2n) is 3.70. The molecule has 2 N–H and O–H groups in total. The van der Waals surface area contributed by atoms with E-state index in [0.717, 1.165) is 16.6 Å². The van der Waals surface area contributed by atoms with Crippen molar-refractivity contribution in [1.82, 2.24) is 0 Å². The van der Waals surface area contributed by atoms with Gasteiger partial charge in [-0.2, -0.15) is 11.8 Å². The number of carboxylic acids is 1. The van der Waals surface area contributed by atoms with Crippen molar-refractivity contribution in [3.05, 3.63) is 28.2 Å². The second kappa shape index (κ2) is 6.91. The van der Waals surface area contributed by atoms with Crippen LogP contribution in [0.1, 0.15) is 23.7 Å². The molecule has 0 aliphatic carbocycles. The summed E-state index contributed by atoms with van der Waals surface area (Å²) in [6.45, 7) is 2.09. The van der Waals surface area contributed by atoms with E-state index in [9.17, 15) is 4.79 Å². The number of thioether (sulfide) groups is 1. The van der Waals surface area contributed by atoms with Gasteiger partial charge < -0.3 is 10.4 Å². The summed E-state index contributed by atoms with van der Waals surface area (Å²) in [5, 5.41) is 12.4. The highest BCUT2D eigenvalue weighted by molar-refractivity contribution is 9.10. The minimum atomic E-state index is -0.904. The Morgan fingerprint density at radius 3 is 2.82 bits per heavy atom. The highest BCUT2D eigenvalue weighted by Gasteiger charge is 2.13. The van der Waals surface area contributed by atoms with Gasteiger partial charge in [0.15, 0.2) is 0 Å². The van der Waals surface area contributed by atoms with Crippen LogP contribution in [0, 0.1) is 0 Å². The lowest BCUT2D eigenvalue weighted by Gasteiger charge is -2.18. The zero-order valence-corrected chi connectivity index (χ0v) is 12.3. The van der Waals surface area contributed by atoms with Crippen LogP contribution in [0.4, 0.5) is 5.69 Å². The van der Waals surface area contributed by atoms with Crippen LogP contribution in [0.15, 0.2) is 22.7 Å². The van der Waals surface area contributed by atoms with Crippen LogP contribution in [0.5, 0.6) is 0 Å². The molecule has 1 aromatic rings. The molecule has 5 heteroatoms. The maximum absolute atomic E-state index is 11.1. The number of hydrogen-bond acceptors (Lipinski definition) is 3. The smallest absolute Gasteiger partial charge is 0.337 e.